The molecule has 1 aromatic carbocycles. The molecule has 0 bridgehead atoms. The van der Waals surface area contributed by atoms with Crippen molar-refractivity contribution in [2.45, 2.75) is 39.0 Å². The van der Waals surface area contributed by atoms with Gasteiger partial charge < -0.3 is 14.4 Å². The Morgan fingerprint density at radius 2 is 2.26 bits per heavy atom. The van der Waals surface area contributed by atoms with Crippen molar-refractivity contribution in [1.29, 1.82) is 0 Å². The highest BCUT2D eigenvalue weighted by molar-refractivity contribution is 5.32. The van der Waals surface area contributed by atoms with Gasteiger partial charge in [-0.3, -0.25) is 4.90 Å². The molecule has 0 spiro atoms. The average molecular weight is 317 g/mol. The van der Waals surface area contributed by atoms with E-state index in [1.54, 1.807) is 0 Å². The Bertz CT molecular complexity index is 644. The second-order valence-electron chi connectivity index (χ2n) is 5.76. The number of fused-ring (bicyclic) bond motifs is 1. The molecule has 2 atom stereocenters. The number of ether oxygens (including phenoxy) is 1. The summed E-state index contributed by atoms with van der Waals surface area (Å²) in [5.74, 6) is 1.13. The standard InChI is InChI=1S/C17H23N3O3/c1-3-22-12(2)17-18-16(23-19-17)10-20-9-8-13-6-4-5-7-14(13)15(20)11-21/h4-7,12,15,21H,3,8-11H2,1-2H3. The van der Waals surface area contributed by atoms with Gasteiger partial charge in [0.15, 0.2) is 5.82 Å². The Kier molecular flexibility index (Phi) is 5.05. The number of aliphatic hydroxyl groups is 1. The van der Waals surface area contributed by atoms with Crippen molar-refractivity contribution in [3.8, 4) is 0 Å². The third-order valence-corrected chi connectivity index (χ3v) is 4.30. The van der Waals surface area contributed by atoms with Gasteiger partial charge in [0, 0.05) is 13.2 Å². The van der Waals surface area contributed by atoms with Gasteiger partial charge in [-0.05, 0) is 31.4 Å². The van der Waals surface area contributed by atoms with Crippen molar-refractivity contribution in [2.24, 2.45) is 0 Å². The van der Waals surface area contributed by atoms with Gasteiger partial charge in [0.2, 0.25) is 5.89 Å². The first kappa shape index (κ1) is 16.1. The lowest BCUT2D eigenvalue weighted by atomic mass is 9.93. The fourth-order valence-electron chi connectivity index (χ4n) is 3.10. The number of hydrogen-bond donors (Lipinski definition) is 1. The van der Waals surface area contributed by atoms with Crippen LogP contribution in [0.2, 0.25) is 0 Å². The SMILES string of the molecule is CCOC(C)c1noc(CN2CCc3ccccc3C2CO)n1. The Morgan fingerprint density at radius 3 is 3.04 bits per heavy atom. The van der Waals surface area contributed by atoms with Gasteiger partial charge in [-0.2, -0.15) is 4.98 Å². The van der Waals surface area contributed by atoms with Crippen molar-refractivity contribution in [3.63, 3.8) is 0 Å². The number of nitrogens with zero attached hydrogens (tertiary/aromatic N) is 3. The first-order valence-electron chi connectivity index (χ1n) is 8.09. The molecule has 1 aromatic heterocycles. The highest BCUT2D eigenvalue weighted by Crippen LogP contribution is 2.30. The maximum absolute atomic E-state index is 9.82. The van der Waals surface area contributed by atoms with Crippen LogP contribution < -0.4 is 0 Å². The molecule has 0 fully saturated rings. The van der Waals surface area contributed by atoms with Crippen LogP contribution in [0.25, 0.3) is 0 Å². The molecule has 0 aliphatic carbocycles. The van der Waals surface area contributed by atoms with Crippen molar-refractivity contribution in [1.82, 2.24) is 15.0 Å². The summed E-state index contributed by atoms with van der Waals surface area (Å²) in [4.78, 5) is 6.61. The summed E-state index contributed by atoms with van der Waals surface area (Å²) in [5, 5.41) is 13.8. The Morgan fingerprint density at radius 1 is 1.43 bits per heavy atom. The first-order chi connectivity index (χ1) is 11.2. The maximum atomic E-state index is 9.82. The Balaban J connectivity index is 1.73. The van der Waals surface area contributed by atoms with Gasteiger partial charge in [-0.1, -0.05) is 29.4 Å². The zero-order valence-electron chi connectivity index (χ0n) is 13.6. The quantitative estimate of drug-likeness (QED) is 0.881. The highest BCUT2D eigenvalue weighted by Gasteiger charge is 2.28. The number of rotatable bonds is 6. The molecule has 3 rings (SSSR count). The van der Waals surface area contributed by atoms with E-state index < -0.39 is 0 Å². The predicted molar refractivity (Wildman–Crippen MR) is 84.7 cm³/mol. The molecule has 124 valence electrons. The molecule has 6 nitrogen and oxygen atoms in total. The highest BCUT2D eigenvalue weighted by atomic mass is 16.5. The zero-order valence-corrected chi connectivity index (χ0v) is 13.6. The molecule has 6 heteroatoms. The minimum absolute atomic E-state index is 0.0281. The molecule has 1 aliphatic rings. The second-order valence-corrected chi connectivity index (χ2v) is 5.76. The van der Waals surface area contributed by atoms with E-state index in [0.29, 0.717) is 24.9 Å². The summed E-state index contributed by atoms with van der Waals surface area (Å²) >= 11 is 0. The number of hydrogen-bond acceptors (Lipinski definition) is 6. The lowest BCUT2D eigenvalue weighted by Crippen LogP contribution is -2.37. The van der Waals surface area contributed by atoms with Crippen LogP contribution in [-0.4, -0.2) is 39.9 Å². The molecule has 0 saturated carbocycles. The van der Waals surface area contributed by atoms with Gasteiger partial charge in [0.25, 0.3) is 0 Å². The molecule has 23 heavy (non-hydrogen) atoms. The lowest BCUT2D eigenvalue weighted by molar-refractivity contribution is 0.0683. The van der Waals surface area contributed by atoms with Crippen molar-refractivity contribution in [3.05, 3.63) is 47.1 Å². The Hall–Kier alpha value is -1.76. The average Bonchev–Trinajstić information content (AvgIpc) is 3.03. The van der Waals surface area contributed by atoms with Gasteiger partial charge >= 0.3 is 0 Å². The predicted octanol–water partition coefficient (Wildman–Crippen LogP) is 2.26. The fourth-order valence-corrected chi connectivity index (χ4v) is 3.10. The summed E-state index contributed by atoms with van der Waals surface area (Å²) in [7, 11) is 0. The third kappa shape index (κ3) is 3.44. The molecule has 0 amide bonds. The molecule has 2 heterocycles. The van der Waals surface area contributed by atoms with E-state index in [1.807, 2.05) is 26.0 Å². The van der Waals surface area contributed by atoms with E-state index in [0.717, 1.165) is 13.0 Å². The van der Waals surface area contributed by atoms with Crippen molar-refractivity contribution < 1.29 is 14.4 Å². The van der Waals surface area contributed by atoms with Crippen molar-refractivity contribution >= 4 is 0 Å². The zero-order chi connectivity index (χ0) is 16.2. The fraction of sp³-hybridized carbons (Fsp3) is 0.529. The third-order valence-electron chi connectivity index (χ3n) is 4.30. The summed E-state index contributed by atoms with van der Waals surface area (Å²) in [6.45, 7) is 5.93. The molecule has 1 aliphatic heterocycles. The molecular formula is C17H23N3O3. The Labute approximate surface area is 136 Å². The van der Waals surface area contributed by atoms with E-state index in [4.69, 9.17) is 9.26 Å². The topological polar surface area (TPSA) is 71.6 Å². The number of aliphatic hydroxyl groups excluding tert-OH is 1. The summed E-state index contributed by atoms with van der Waals surface area (Å²) in [6.07, 6.45) is 0.788. The van der Waals surface area contributed by atoms with E-state index in [9.17, 15) is 5.11 Å². The van der Waals surface area contributed by atoms with Crippen LogP contribution in [0.1, 0.15) is 48.8 Å². The van der Waals surface area contributed by atoms with E-state index >= 15 is 0 Å². The van der Waals surface area contributed by atoms with Gasteiger partial charge in [-0.15, -0.1) is 0 Å². The molecule has 1 N–H and O–H groups in total. The van der Waals surface area contributed by atoms with Gasteiger partial charge in [-0.25, -0.2) is 0 Å². The lowest BCUT2D eigenvalue weighted by Gasteiger charge is -2.35. The molecule has 0 radical (unpaired) electrons. The van der Waals surface area contributed by atoms with Crippen LogP contribution in [0, 0.1) is 0 Å². The van der Waals surface area contributed by atoms with Crippen LogP contribution in [0.3, 0.4) is 0 Å². The monoisotopic (exact) mass is 317 g/mol. The molecular weight excluding hydrogens is 294 g/mol. The minimum atomic E-state index is -0.173. The van der Waals surface area contributed by atoms with E-state index in [2.05, 4.69) is 27.2 Å². The summed E-state index contributed by atoms with van der Waals surface area (Å²) in [5.41, 5.74) is 2.49. The van der Waals surface area contributed by atoms with Crippen LogP contribution in [-0.2, 0) is 17.7 Å². The van der Waals surface area contributed by atoms with E-state index in [1.165, 1.54) is 11.1 Å². The van der Waals surface area contributed by atoms with E-state index in [-0.39, 0.29) is 18.8 Å². The second kappa shape index (κ2) is 7.21. The van der Waals surface area contributed by atoms with Gasteiger partial charge in [0.05, 0.1) is 19.2 Å². The molecule has 2 aromatic rings. The minimum Gasteiger partial charge on any atom is -0.394 e. The number of aromatic nitrogens is 2. The van der Waals surface area contributed by atoms with Crippen molar-refractivity contribution in [2.75, 3.05) is 19.8 Å². The normalized spacial score (nSPS) is 19.5. The molecule has 0 saturated heterocycles. The van der Waals surface area contributed by atoms with Crippen LogP contribution >= 0.6 is 0 Å². The largest absolute Gasteiger partial charge is 0.394 e. The summed E-state index contributed by atoms with van der Waals surface area (Å²) < 4.78 is 10.8. The van der Waals surface area contributed by atoms with Crippen LogP contribution in [0.5, 0.6) is 0 Å². The molecule has 2 unspecified atom stereocenters. The number of benzene rings is 1. The first-order valence-corrected chi connectivity index (χ1v) is 8.09. The smallest absolute Gasteiger partial charge is 0.240 e. The maximum Gasteiger partial charge on any atom is 0.240 e. The van der Waals surface area contributed by atoms with Crippen LogP contribution in [0.4, 0.5) is 0 Å². The van der Waals surface area contributed by atoms with Gasteiger partial charge in [0.1, 0.15) is 6.10 Å². The van der Waals surface area contributed by atoms with Crippen LogP contribution in [0.15, 0.2) is 28.8 Å². The summed E-state index contributed by atoms with van der Waals surface area (Å²) in [6, 6.07) is 8.24.